The van der Waals surface area contributed by atoms with Gasteiger partial charge in [0, 0.05) is 30.2 Å². The first kappa shape index (κ1) is 23.5. The number of thioether (sulfide) groups is 1. The van der Waals surface area contributed by atoms with E-state index >= 15 is 0 Å². The fourth-order valence-corrected chi connectivity index (χ4v) is 4.41. The van der Waals surface area contributed by atoms with E-state index in [1.807, 2.05) is 91.9 Å². The van der Waals surface area contributed by atoms with Crippen molar-refractivity contribution in [3.63, 3.8) is 0 Å². The number of benzene rings is 3. The zero-order chi connectivity index (χ0) is 23.9. The molecule has 6 heteroatoms. The van der Waals surface area contributed by atoms with E-state index in [1.165, 1.54) is 18.7 Å². The molecule has 1 N–H and O–H groups in total. The molecule has 4 rings (SSSR count). The standard InChI is InChI=1S/C28H26N2O3S/c1-19(26(32)23-15-13-21(14-16-23)17-18-29-20(2)31)34-28-30-25(22-9-5-3-6-10-22)27(33-28)24-11-7-4-8-12-24/h3-16,19H,17-18H2,1-2H3,(H,29,31). The monoisotopic (exact) mass is 470 g/mol. The van der Waals surface area contributed by atoms with Crippen LogP contribution in [0.1, 0.15) is 29.8 Å². The number of hydrogen-bond acceptors (Lipinski definition) is 5. The topological polar surface area (TPSA) is 72.2 Å². The zero-order valence-electron chi connectivity index (χ0n) is 19.2. The highest BCUT2D eigenvalue weighted by Gasteiger charge is 2.22. The van der Waals surface area contributed by atoms with Gasteiger partial charge in [-0.15, -0.1) is 0 Å². The third-order valence-electron chi connectivity index (χ3n) is 5.36. The SMILES string of the molecule is CC(=O)NCCc1ccc(C(=O)C(C)Sc2nc(-c3ccccc3)c(-c3ccccc3)o2)cc1. The van der Waals surface area contributed by atoms with Gasteiger partial charge in [0.2, 0.25) is 5.91 Å². The van der Waals surface area contributed by atoms with Crippen molar-refractivity contribution in [2.45, 2.75) is 30.7 Å². The molecule has 0 radical (unpaired) electrons. The van der Waals surface area contributed by atoms with Gasteiger partial charge in [0.1, 0.15) is 5.69 Å². The average Bonchev–Trinajstić information content (AvgIpc) is 3.28. The number of hydrogen-bond donors (Lipinski definition) is 1. The van der Waals surface area contributed by atoms with E-state index in [0.717, 1.165) is 28.8 Å². The number of oxazole rings is 1. The number of amides is 1. The molecule has 3 aromatic carbocycles. The summed E-state index contributed by atoms with van der Waals surface area (Å²) in [6.07, 6.45) is 0.721. The first-order valence-electron chi connectivity index (χ1n) is 11.2. The molecule has 0 fully saturated rings. The van der Waals surface area contributed by atoms with Crippen LogP contribution in [0.5, 0.6) is 0 Å². The average molecular weight is 471 g/mol. The Morgan fingerprint density at radius 1 is 0.912 bits per heavy atom. The molecule has 0 spiro atoms. The van der Waals surface area contributed by atoms with E-state index in [0.29, 0.717) is 23.1 Å². The number of aromatic nitrogens is 1. The van der Waals surface area contributed by atoms with Crippen LogP contribution in [0.15, 0.2) is 94.6 Å². The first-order valence-corrected chi connectivity index (χ1v) is 12.0. The van der Waals surface area contributed by atoms with Gasteiger partial charge >= 0.3 is 0 Å². The van der Waals surface area contributed by atoms with Crippen LogP contribution in [0, 0.1) is 0 Å². The molecule has 0 aliphatic carbocycles. The summed E-state index contributed by atoms with van der Waals surface area (Å²) in [5.41, 5.74) is 4.37. The maximum atomic E-state index is 13.0. The Kier molecular flexibility index (Phi) is 7.60. The fourth-order valence-electron chi connectivity index (χ4n) is 3.59. The predicted octanol–water partition coefficient (Wildman–Crippen LogP) is 6.05. The Balaban J connectivity index is 1.50. The van der Waals surface area contributed by atoms with Crippen LogP contribution in [-0.2, 0) is 11.2 Å². The summed E-state index contributed by atoms with van der Waals surface area (Å²) in [4.78, 5) is 28.8. The van der Waals surface area contributed by atoms with Crippen LogP contribution in [0.4, 0.5) is 0 Å². The normalized spacial score (nSPS) is 11.7. The van der Waals surface area contributed by atoms with Crippen LogP contribution in [0.3, 0.4) is 0 Å². The molecule has 1 heterocycles. The lowest BCUT2D eigenvalue weighted by Crippen LogP contribution is -2.22. The molecule has 0 saturated carbocycles. The summed E-state index contributed by atoms with van der Waals surface area (Å²) in [5, 5.41) is 2.88. The lowest BCUT2D eigenvalue weighted by atomic mass is 10.0. The maximum Gasteiger partial charge on any atom is 0.257 e. The van der Waals surface area contributed by atoms with E-state index in [9.17, 15) is 9.59 Å². The number of ketones is 1. The quantitative estimate of drug-likeness (QED) is 0.238. The van der Waals surface area contributed by atoms with Gasteiger partial charge in [0.05, 0.1) is 5.25 Å². The van der Waals surface area contributed by atoms with E-state index < -0.39 is 0 Å². The molecular weight excluding hydrogens is 444 g/mol. The molecule has 1 amide bonds. The summed E-state index contributed by atoms with van der Waals surface area (Å²) < 4.78 is 6.16. The van der Waals surface area contributed by atoms with E-state index in [2.05, 4.69) is 5.32 Å². The van der Waals surface area contributed by atoms with Gasteiger partial charge in [-0.1, -0.05) is 96.7 Å². The highest BCUT2D eigenvalue weighted by Crippen LogP contribution is 2.37. The number of carbonyl (C=O) groups is 2. The second-order valence-electron chi connectivity index (χ2n) is 7.94. The predicted molar refractivity (Wildman–Crippen MR) is 136 cm³/mol. The van der Waals surface area contributed by atoms with Gasteiger partial charge in [-0.3, -0.25) is 9.59 Å². The molecule has 5 nitrogen and oxygen atoms in total. The third-order valence-corrected chi connectivity index (χ3v) is 6.31. The lowest BCUT2D eigenvalue weighted by molar-refractivity contribution is -0.118. The Labute approximate surface area is 203 Å². The van der Waals surface area contributed by atoms with E-state index in [-0.39, 0.29) is 16.9 Å². The van der Waals surface area contributed by atoms with E-state index in [4.69, 9.17) is 9.40 Å². The molecule has 4 aromatic rings. The minimum atomic E-state index is -0.365. The number of carbonyl (C=O) groups excluding carboxylic acids is 2. The van der Waals surface area contributed by atoms with Crippen molar-refractivity contribution < 1.29 is 14.0 Å². The van der Waals surface area contributed by atoms with Crippen LogP contribution in [-0.4, -0.2) is 28.5 Å². The van der Waals surface area contributed by atoms with E-state index in [1.54, 1.807) is 0 Å². The summed E-state index contributed by atoms with van der Waals surface area (Å²) in [6.45, 7) is 3.94. The largest absolute Gasteiger partial charge is 0.431 e. The van der Waals surface area contributed by atoms with Gasteiger partial charge in [0.25, 0.3) is 5.22 Å². The fraction of sp³-hybridized carbons (Fsp3) is 0.179. The summed E-state index contributed by atoms with van der Waals surface area (Å²) in [7, 11) is 0. The molecule has 1 atom stereocenters. The molecular formula is C28H26N2O3S. The van der Waals surface area contributed by atoms with Crippen LogP contribution in [0.25, 0.3) is 22.6 Å². The minimum Gasteiger partial charge on any atom is -0.431 e. The number of Topliss-reactive ketones (excluding diaryl/α,β-unsaturated/α-hetero) is 1. The highest BCUT2D eigenvalue weighted by atomic mass is 32.2. The molecule has 0 aliphatic rings. The van der Waals surface area contributed by atoms with Gasteiger partial charge in [0.15, 0.2) is 11.5 Å². The molecule has 0 aliphatic heterocycles. The lowest BCUT2D eigenvalue weighted by Gasteiger charge is -2.09. The molecule has 34 heavy (non-hydrogen) atoms. The van der Waals surface area contributed by atoms with Crippen LogP contribution in [0.2, 0.25) is 0 Å². The molecule has 0 bridgehead atoms. The van der Waals surface area contributed by atoms with Crippen LogP contribution < -0.4 is 5.32 Å². The van der Waals surface area contributed by atoms with Crippen molar-refractivity contribution in [2.75, 3.05) is 6.54 Å². The van der Waals surface area contributed by atoms with Gasteiger partial charge in [-0.2, -0.15) is 0 Å². The Bertz CT molecular complexity index is 1200. The third kappa shape index (κ3) is 5.83. The Morgan fingerprint density at radius 2 is 1.53 bits per heavy atom. The molecule has 1 aromatic heterocycles. The smallest absolute Gasteiger partial charge is 0.257 e. The molecule has 0 saturated heterocycles. The second-order valence-corrected chi connectivity index (χ2v) is 9.24. The van der Waals surface area contributed by atoms with Gasteiger partial charge in [-0.05, 0) is 18.9 Å². The van der Waals surface area contributed by atoms with Crippen molar-refractivity contribution >= 4 is 23.5 Å². The summed E-state index contributed by atoms with van der Waals surface area (Å²) in [5.74, 6) is 0.659. The van der Waals surface area contributed by atoms with Crippen molar-refractivity contribution in [1.29, 1.82) is 0 Å². The Morgan fingerprint density at radius 3 is 2.15 bits per heavy atom. The van der Waals surface area contributed by atoms with Crippen molar-refractivity contribution in [3.8, 4) is 22.6 Å². The molecule has 1 unspecified atom stereocenters. The van der Waals surface area contributed by atoms with Crippen molar-refractivity contribution in [1.82, 2.24) is 10.3 Å². The summed E-state index contributed by atoms with van der Waals surface area (Å²) >= 11 is 1.32. The minimum absolute atomic E-state index is 0.0131. The zero-order valence-corrected chi connectivity index (χ0v) is 20.0. The first-order chi connectivity index (χ1) is 16.5. The molecule has 172 valence electrons. The Hall–Kier alpha value is -3.64. The van der Waals surface area contributed by atoms with Crippen molar-refractivity contribution in [3.05, 3.63) is 96.1 Å². The summed E-state index contributed by atoms with van der Waals surface area (Å²) in [6, 6.07) is 27.3. The highest BCUT2D eigenvalue weighted by molar-refractivity contribution is 8.00. The van der Waals surface area contributed by atoms with Crippen molar-refractivity contribution in [2.24, 2.45) is 0 Å². The van der Waals surface area contributed by atoms with Gasteiger partial charge < -0.3 is 9.73 Å². The van der Waals surface area contributed by atoms with Crippen LogP contribution >= 0.6 is 11.8 Å². The van der Waals surface area contributed by atoms with Gasteiger partial charge in [-0.25, -0.2) is 4.98 Å². The maximum absolute atomic E-state index is 13.0. The second kappa shape index (κ2) is 11.0. The number of nitrogens with zero attached hydrogens (tertiary/aromatic N) is 1. The number of rotatable bonds is 9. The number of nitrogens with one attached hydrogen (secondary N) is 1.